The number of benzene rings is 1. The van der Waals surface area contributed by atoms with Crippen molar-refractivity contribution in [3.63, 3.8) is 0 Å². The summed E-state index contributed by atoms with van der Waals surface area (Å²) in [6.45, 7) is 3.66. The molecule has 0 spiro atoms. The van der Waals surface area contributed by atoms with Crippen molar-refractivity contribution < 1.29 is 18.7 Å². The van der Waals surface area contributed by atoms with Gasteiger partial charge in [-0.2, -0.15) is 0 Å². The number of carbonyl (C=O) groups is 1. The first-order valence-corrected chi connectivity index (χ1v) is 5.49. The average Bonchev–Trinajstić information content (AvgIpc) is 2.75. The third kappa shape index (κ3) is 2.25. The molecule has 1 aromatic carbocycles. The molecule has 1 heterocycles. The standard InChI is InChI=1S/C13H12FNO3/c1-7(2)10-11(13(16)17)18-12(15-10)8-3-5-9(14)6-4-8/h3-7H,1-2H3,(H,16,17). The summed E-state index contributed by atoms with van der Waals surface area (Å²) in [5.41, 5.74) is 0.938. The lowest BCUT2D eigenvalue weighted by molar-refractivity contribution is 0.0661. The normalized spacial score (nSPS) is 10.9. The molecular formula is C13H12FNO3. The first-order valence-electron chi connectivity index (χ1n) is 5.49. The highest BCUT2D eigenvalue weighted by atomic mass is 19.1. The van der Waals surface area contributed by atoms with Gasteiger partial charge in [-0.05, 0) is 30.2 Å². The minimum atomic E-state index is -1.15. The summed E-state index contributed by atoms with van der Waals surface area (Å²) in [4.78, 5) is 15.2. The van der Waals surface area contributed by atoms with Crippen molar-refractivity contribution in [3.05, 3.63) is 41.5 Å². The lowest BCUT2D eigenvalue weighted by Gasteiger charge is -1.98. The lowest BCUT2D eigenvalue weighted by Crippen LogP contribution is -2.01. The topological polar surface area (TPSA) is 63.3 Å². The van der Waals surface area contributed by atoms with Crippen LogP contribution in [0, 0.1) is 5.82 Å². The van der Waals surface area contributed by atoms with Crippen LogP contribution in [-0.2, 0) is 0 Å². The van der Waals surface area contributed by atoms with Gasteiger partial charge >= 0.3 is 5.97 Å². The Hall–Kier alpha value is -2.17. The summed E-state index contributed by atoms with van der Waals surface area (Å²) in [7, 11) is 0. The summed E-state index contributed by atoms with van der Waals surface area (Å²) in [5.74, 6) is -1.55. The van der Waals surface area contributed by atoms with Crippen molar-refractivity contribution in [1.82, 2.24) is 4.98 Å². The van der Waals surface area contributed by atoms with Gasteiger partial charge in [-0.3, -0.25) is 0 Å². The Bertz CT molecular complexity index is 572. The highest BCUT2D eigenvalue weighted by Crippen LogP contribution is 2.26. The highest BCUT2D eigenvalue weighted by molar-refractivity contribution is 5.86. The van der Waals surface area contributed by atoms with Gasteiger partial charge in [0.05, 0.1) is 5.69 Å². The first kappa shape index (κ1) is 12.3. The summed E-state index contributed by atoms with van der Waals surface area (Å²) in [6.07, 6.45) is 0. The van der Waals surface area contributed by atoms with Crippen LogP contribution in [0.2, 0.25) is 0 Å². The van der Waals surface area contributed by atoms with Gasteiger partial charge in [0.1, 0.15) is 5.82 Å². The van der Waals surface area contributed by atoms with E-state index < -0.39 is 5.97 Å². The average molecular weight is 249 g/mol. The molecule has 5 heteroatoms. The van der Waals surface area contributed by atoms with Crippen LogP contribution in [-0.4, -0.2) is 16.1 Å². The SMILES string of the molecule is CC(C)c1nc(-c2ccc(F)cc2)oc1C(=O)O. The van der Waals surface area contributed by atoms with Crippen LogP contribution in [0.3, 0.4) is 0 Å². The third-order valence-corrected chi connectivity index (χ3v) is 2.49. The molecule has 1 N–H and O–H groups in total. The monoisotopic (exact) mass is 249 g/mol. The third-order valence-electron chi connectivity index (χ3n) is 2.49. The fourth-order valence-corrected chi connectivity index (χ4v) is 1.59. The van der Waals surface area contributed by atoms with Gasteiger partial charge in [0.15, 0.2) is 0 Å². The number of aromatic nitrogens is 1. The fourth-order valence-electron chi connectivity index (χ4n) is 1.59. The molecule has 0 saturated carbocycles. The van der Waals surface area contributed by atoms with Gasteiger partial charge in [0.25, 0.3) is 0 Å². The summed E-state index contributed by atoms with van der Waals surface area (Å²) >= 11 is 0. The van der Waals surface area contributed by atoms with E-state index in [1.165, 1.54) is 24.3 Å². The zero-order valence-electron chi connectivity index (χ0n) is 9.98. The van der Waals surface area contributed by atoms with E-state index in [1.54, 1.807) is 0 Å². The molecule has 18 heavy (non-hydrogen) atoms. The molecule has 2 aromatic rings. The van der Waals surface area contributed by atoms with E-state index in [0.717, 1.165) is 0 Å². The Morgan fingerprint density at radius 3 is 2.39 bits per heavy atom. The maximum Gasteiger partial charge on any atom is 0.373 e. The van der Waals surface area contributed by atoms with Crippen LogP contribution >= 0.6 is 0 Å². The molecule has 0 unspecified atom stereocenters. The number of rotatable bonds is 3. The number of hydrogen-bond acceptors (Lipinski definition) is 3. The van der Waals surface area contributed by atoms with E-state index >= 15 is 0 Å². The Morgan fingerprint density at radius 1 is 1.33 bits per heavy atom. The predicted octanol–water partition coefficient (Wildman–Crippen LogP) is 3.30. The Labute approximate surface area is 103 Å². The van der Waals surface area contributed by atoms with E-state index in [-0.39, 0.29) is 23.4 Å². The van der Waals surface area contributed by atoms with Crippen molar-refractivity contribution >= 4 is 5.97 Å². The first-order chi connectivity index (χ1) is 8.49. The van der Waals surface area contributed by atoms with Crippen LogP contribution in [0.25, 0.3) is 11.5 Å². The molecule has 4 nitrogen and oxygen atoms in total. The predicted molar refractivity (Wildman–Crippen MR) is 62.9 cm³/mol. The molecule has 0 fully saturated rings. The number of halogens is 1. The minimum Gasteiger partial charge on any atom is -0.475 e. The van der Waals surface area contributed by atoms with Crippen LogP contribution in [0.15, 0.2) is 28.7 Å². The van der Waals surface area contributed by atoms with Crippen LogP contribution < -0.4 is 0 Å². The Kier molecular flexibility index (Phi) is 3.14. The summed E-state index contributed by atoms with van der Waals surface area (Å²) in [6, 6.07) is 5.54. The molecule has 0 bridgehead atoms. The van der Waals surface area contributed by atoms with E-state index in [1.807, 2.05) is 13.8 Å². The van der Waals surface area contributed by atoms with E-state index in [4.69, 9.17) is 9.52 Å². The molecule has 2 rings (SSSR count). The second kappa shape index (κ2) is 4.60. The molecule has 0 aliphatic heterocycles. The second-order valence-corrected chi connectivity index (χ2v) is 4.20. The fraction of sp³-hybridized carbons (Fsp3) is 0.231. The minimum absolute atomic E-state index is 0.0611. The molecule has 0 radical (unpaired) electrons. The molecule has 0 aliphatic rings. The zero-order valence-corrected chi connectivity index (χ0v) is 9.98. The lowest BCUT2D eigenvalue weighted by atomic mass is 10.1. The summed E-state index contributed by atoms with van der Waals surface area (Å²) in [5, 5.41) is 9.03. The van der Waals surface area contributed by atoms with Crippen LogP contribution in [0.5, 0.6) is 0 Å². The molecule has 0 atom stereocenters. The number of hydrogen-bond donors (Lipinski definition) is 1. The molecule has 0 saturated heterocycles. The molecule has 0 amide bonds. The zero-order chi connectivity index (χ0) is 13.3. The Morgan fingerprint density at radius 2 is 1.94 bits per heavy atom. The van der Waals surface area contributed by atoms with Crippen molar-refractivity contribution in [2.24, 2.45) is 0 Å². The van der Waals surface area contributed by atoms with Crippen LogP contribution in [0.1, 0.15) is 36.0 Å². The Balaban J connectivity index is 2.49. The molecular weight excluding hydrogens is 237 g/mol. The van der Waals surface area contributed by atoms with Crippen molar-refractivity contribution in [1.29, 1.82) is 0 Å². The van der Waals surface area contributed by atoms with Crippen molar-refractivity contribution in [2.75, 3.05) is 0 Å². The number of nitrogens with zero attached hydrogens (tertiary/aromatic N) is 1. The molecule has 94 valence electrons. The highest BCUT2D eigenvalue weighted by Gasteiger charge is 2.22. The second-order valence-electron chi connectivity index (χ2n) is 4.20. The van der Waals surface area contributed by atoms with Gasteiger partial charge in [0, 0.05) is 5.56 Å². The number of carboxylic acid groups (broad SMARTS) is 1. The molecule has 1 aromatic heterocycles. The van der Waals surface area contributed by atoms with Gasteiger partial charge in [-0.15, -0.1) is 0 Å². The van der Waals surface area contributed by atoms with Crippen molar-refractivity contribution in [2.45, 2.75) is 19.8 Å². The maximum absolute atomic E-state index is 12.8. The van der Waals surface area contributed by atoms with Gasteiger partial charge in [0.2, 0.25) is 11.7 Å². The van der Waals surface area contributed by atoms with Gasteiger partial charge in [-0.25, -0.2) is 14.2 Å². The number of carboxylic acids is 1. The quantitative estimate of drug-likeness (QED) is 0.906. The summed E-state index contributed by atoms with van der Waals surface area (Å²) < 4.78 is 18.0. The van der Waals surface area contributed by atoms with Crippen LogP contribution in [0.4, 0.5) is 4.39 Å². The van der Waals surface area contributed by atoms with E-state index in [2.05, 4.69) is 4.98 Å². The number of oxazole rings is 1. The largest absolute Gasteiger partial charge is 0.475 e. The number of aromatic carboxylic acids is 1. The van der Waals surface area contributed by atoms with Gasteiger partial charge < -0.3 is 9.52 Å². The van der Waals surface area contributed by atoms with E-state index in [0.29, 0.717) is 11.3 Å². The van der Waals surface area contributed by atoms with Gasteiger partial charge in [-0.1, -0.05) is 13.8 Å². The van der Waals surface area contributed by atoms with E-state index in [9.17, 15) is 9.18 Å². The maximum atomic E-state index is 12.8. The van der Waals surface area contributed by atoms with Crippen molar-refractivity contribution in [3.8, 4) is 11.5 Å². The molecule has 0 aliphatic carbocycles. The smallest absolute Gasteiger partial charge is 0.373 e.